The van der Waals surface area contributed by atoms with E-state index in [-0.39, 0.29) is 11.2 Å². The van der Waals surface area contributed by atoms with Crippen molar-refractivity contribution in [1.82, 2.24) is 4.90 Å². The maximum Gasteiger partial charge on any atom is 0.328 e. The van der Waals surface area contributed by atoms with Gasteiger partial charge in [-0.25, -0.2) is 9.59 Å². The van der Waals surface area contributed by atoms with Crippen LogP contribution in [0.2, 0.25) is 0 Å². The van der Waals surface area contributed by atoms with E-state index < -0.39 is 24.0 Å². The third-order valence-corrected chi connectivity index (χ3v) is 6.95. The van der Waals surface area contributed by atoms with Gasteiger partial charge < -0.3 is 24.7 Å². The molecule has 2 aromatic carbocycles. The summed E-state index contributed by atoms with van der Waals surface area (Å²) in [6.45, 7) is 6.77. The fourth-order valence-electron chi connectivity index (χ4n) is 3.69. The van der Waals surface area contributed by atoms with Crippen LogP contribution in [0.4, 0.5) is 5.69 Å². The minimum absolute atomic E-state index is 0.174. The molecule has 3 rings (SSSR count). The highest BCUT2D eigenvalue weighted by atomic mass is 32.2. The molecule has 0 spiro atoms. The first-order valence-corrected chi connectivity index (χ1v) is 12.9. The second kappa shape index (κ2) is 14.3. The maximum atomic E-state index is 13.7. The first-order chi connectivity index (χ1) is 17.9. The number of hydrogen-bond donors (Lipinski definition) is 2. The van der Waals surface area contributed by atoms with Crippen molar-refractivity contribution in [2.24, 2.45) is 0 Å². The number of fused-ring (bicyclic) bond motifs is 1. The molecule has 0 saturated carbocycles. The number of hydrogen-bond acceptors (Lipinski definition) is 7. The molecular weight excluding hydrogens is 508 g/mol. The standard InChI is InChI=1S/C24H30N2O3S.C4H4O4/c1-6-18-8-10-19(11-9-18)23-22(29-17(3)27)24(28)26(14-13-25(4)5)20-12-7-16(2)15-21(20)30-23;5-3(6)1-2-4(7)8/h7-12,15,22-23H,6,13-14H2,1-5H3;1-2H,(H,5,6)(H,7,8)/t22-,23+;/m0./s1. The van der Waals surface area contributed by atoms with Crippen LogP contribution in [-0.2, 0) is 30.3 Å². The van der Waals surface area contributed by atoms with Gasteiger partial charge in [-0.15, -0.1) is 11.8 Å². The average molecular weight is 543 g/mol. The number of rotatable bonds is 8. The normalized spacial score (nSPS) is 16.9. The fourth-order valence-corrected chi connectivity index (χ4v) is 5.10. The number of carbonyl (C=O) groups is 4. The Balaban J connectivity index is 0.000000550. The Kier molecular flexibility index (Phi) is 11.5. The molecule has 1 aliphatic heterocycles. The summed E-state index contributed by atoms with van der Waals surface area (Å²) in [5.74, 6) is -3.13. The number of aliphatic carboxylic acids is 2. The van der Waals surface area contributed by atoms with Gasteiger partial charge >= 0.3 is 17.9 Å². The molecule has 9 nitrogen and oxygen atoms in total. The maximum absolute atomic E-state index is 13.7. The van der Waals surface area contributed by atoms with Crippen LogP contribution in [0.3, 0.4) is 0 Å². The number of ether oxygens (including phenoxy) is 1. The van der Waals surface area contributed by atoms with Gasteiger partial charge in [0, 0.05) is 37.1 Å². The second-order valence-corrected chi connectivity index (χ2v) is 10.1. The van der Waals surface area contributed by atoms with Gasteiger partial charge in [-0.2, -0.15) is 0 Å². The molecule has 0 saturated heterocycles. The highest BCUT2D eigenvalue weighted by Crippen LogP contribution is 2.47. The Labute approximate surface area is 227 Å². The summed E-state index contributed by atoms with van der Waals surface area (Å²) in [6.07, 6.45) is 1.19. The summed E-state index contributed by atoms with van der Waals surface area (Å²) in [4.78, 5) is 49.6. The number of aryl methyl sites for hydroxylation is 2. The molecule has 1 aliphatic rings. The van der Waals surface area contributed by atoms with Crippen LogP contribution in [0.15, 0.2) is 59.5 Å². The van der Waals surface area contributed by atoms with Gasteiger partial charge in [0.2, 0.25) is 0 Å². The molecule has 10 heteroatoms. The van der Waals surface area contributed by atoms with E-state index in [2.05, 4.69) is 25.1 Å². The molecule has 0 aromatic heterocycles. The monoisotopic (exact) mass is 542 g/mol. The van der Waals surface area contributed by atoms with Crippen LogP contribution in [0.5, 0.6) is 0 Å². The van der Waals surface area contributed by atoms with Crippen molar-refractivity contribution in [3.05, 3.63) is 71.3 Å². The highest BCUT2D eigenvalue weighted by molar-refractivity contribution is 7.99. The average Bonchev–Trinajstić information content (AvgIpc) is 2.96. The number of esters is 1. The van der Waals surface area contributed by atoms with Crippen molar-refractivity contribution in [3.63, 3.8) is 0 Å². The number of likely N-dealkylation sites (N-methyl/N-ethyl adjacent to an activating group) is 1. The zero-order valence-corrected chi connectivity index (χ0v) is 23.0. The Morgan fingerprint density at radius 2 is 1.66 bits per heavy atom. The summed E-state index contributed by atoms with van der Waals surface area (Å²) in [5.41, 5.74) is 4.23. The number of anilines is 1. The molecule has 2 aromatic rings. The van der Waals surface area contributed by atoms with Crippen molar-refractivity contribution >= 4 is 41.3 Å². The number of carbonyl (C=O) groups excluding carboxylic acids is 2. The second-order valence-electron chi connectivity index (χ2n) is 8.94. The van der Waals surface area contributed by atoms with E-state index >= 15 is 0 Å². The first-order valence-electron chi connectivity index (χ1n) is 12.1. The van der Waals surface area contributed by atoms with E-state index in [4.69, 9.17) is 14.9 Å². The van der Waals surface area contributed by atoms with E-state index in [0.29, 0.717) is 25.2 Å². The fraction of sp³-hybridized carbons (Fsp3) is 0.357. The lowest BCUT2D eigenvalue weighted by molar-refractivity contribution is -0.152. The van der Waals surface area contributed by atoms with Crippen molar-refractivity contribution in [2.45, 2.75) is 43.4 Å². The van der Waals surface area contributed by atoms with Gasteiger partial charge in [0.1, 0.15) is 0 Å². The molecule has 204 valence electrons. The molecular formula is C28H34N2O7S. The van der Waals surface area contributed by atoms with Crippen LogP contribution in [0.1, 0.15) is 35.8 Å². The molecule has 0 radical (unpaired) electrons. The van der Waals surface area contributed by atoms with Gasteiger partial charge in [-0.05, 0) is 56.3 Å². The molecule has 38 heavy (non-hydrogen) atoms. The Morgan fingerprint density at radius 1 is 1.05 bits per heavy atom. The predicted octanol–water partition coefficient (Wildman–Crippen LogP) is 3.94. The topological polar surface area (TPSA) is 124 Å². The predicted molar refractivity (Wildman–Crippen MR) is 146 cm³/mol. The number of benzene rings is 2. The number of amides is 1. The summed E-state index contributed by atoms with van der Waals surface area (Å²) in [7, 11) is 3.96. The van der Waals surface area contributed by atoms with Crippen LogP contribution in [-0.4, -0.2) is 72.2 Å². The molecule has 0 unspecified atom stereocenters. The zero-order valence-electron chi connectivity index (χ0n) is 22.2. The Hall–Kier alpha value is -3.63. The number of nitrogens with zero attached hydrogens (tertiary/aromatic N) is 2. The van der Waals surface area contributed by atoms with E-state index in [0.717, 1.165) is 28.1 Å². The van der Waals surface area contributed by atoms with Crippen molar-refractivity contribution in [3.8, 4) is 0 Å². The lowest BCUT2D eigenvalue weighted by atomic mass is 10.0. The molecule has 2 atom stereocenters. The van der Waals surface area contributed by atoms with Crippen molar-refractivity contribution < 1.29 is 34.1 Å². The highest BCUT2D eigenvalue weighted by Gasteiger charge is 2.40. The van der Waals surface area contributed by atoms with Gasteiger partial charge in [0.15, 0.2) is 6.10 Å². The number of carboxylic acids is 2. The smallest absolute Gasteiger partial charge is 0.328 e. The van der Waals surface area contributed by atoms with E-state index in [9.17, 15) is 19.2 Å². The molecule has 0 fully saturated rings. The third kappa shape index (κ3) is 9.04. The summed E-state index contributed by atoms with van der Waals surface area (Å²) >= 11 is 1.60. The van der Waals surface area contributed by atoms with Crippen molar-refractivity contribution in [2.75, 3.05) is 32.1 Å². The third-order valence-electron chi connectivity index (χ3n) is 5.59. The minimum atomic E-state index is -1.26. The number of carboxylic acid groups (broad SMARTS) is 2. The molecule has 1 heterocycles. The summed E-state index contributed by atoms with van der Waals surface area (Å²) in [6, 6.07) is 14.4. The van der Waals surface area contributed by atoms with E-state index in [1.54, 1.807) is 16.7 Å². The van der Waals surface area contributed by atoms with Gasteiger partial charge in [0.05, 0.1) is 10.9 Å². The Morgan fingerprint density at radius 3 is 2.16 bits per heavy atom. The molecule has 2 N–H and O–H groups in total. The van der Waals surface area contributed by atoms with E-state index in [1.807, 2.05) is 50.2 Å². The van der Waals surface area contributed by atoms with Gasteiger partial charge in [-0.3, -0.25) is 9.59 Å². The lowest BCUT2D eigenvalue weighted by Crippen LogP contribution is -2.45. The van der Waals surface area contributed by atoms with Gasteiger partial charge in [-0.1, -0.05) is 37.3 Å². The Bertz CT molecular complexity index is 1160. The van der Waals surface area contributed by atoms with Crippen molar-refractivity contribution in [1.29, 1.82) is 0 Å². The van der Waals surface area contributed by atoms with Crippen LogP contribution in [0, 0.1) is 6.92 Å². The molecule has 0 aliphatic carbocycles. The van der Waals surface area contributed by atoms with Crippen LogP contribution >= 0.6 is 11.8 Å². The number of thioether (sulfide) groups is 1. The van der Waals surface area contributed by atoms with Crippen LogP contribution < -0.4 is 4.90 Å². The van der Waals surface area contributed by atoms with E-state index in [1.165, 1.54) is 12.5 Å². The molecule has 1 amide bonds. The molecule has 0 bridgehead atoms. The quantitative estimate of drug-likeness (QED) is 0.377. The first kappa shape index (κ1) is 30.6. The largest absolute Gasteiger partial charge is 0.478 e. The van der Waals surface area contributed by atoms with Gasteiger partial charge in [0.25, 0.3) is 5.91 Å². The minimum Gasteiger partial charge on any atom is -0.478 e. The lowest BCUT2D eigenvalue weighted by Gasteiger charge is -2.28. The summed E-state index contributed by atoms with van der Waals surface area (Å²) in [5, 5.41) is 15.3. The van der Waals surface area contributed by atoms with Crippen LogP contribution in [0.25, 0.3) is 0 Å². The zero-order chi connectivity index (χ0) is 28.4. The summed E-state index contributed by atoms with van der Waals surface area (Å²) < 4.78 is 5.64. The SMILES string of the molecule is CCc1ccc([C@H]2Sc3cc(C)ccc3N(CCN(C)C)C(=O)[C@H]2OC(C)=O)cc1.O=C(O)C=CC(=O)O.